The van der Waals surface area contributed by atoms with Crippen molar-refractivity contribution < 1.29 is 4.42 Å². The molecule has 2 nitrogen and oxygen atoms in total. The van der Waals surface area contributed by atoms with E-state index in [9.17, 15) is 0 Å². The van der Waals surface area contributed by atoms with E-state index in [1.165, 1.54) is 99.5 Å². The summed E-state index contributed by atoms with van der Waals surface area (Å²) in [7, 11) is 0. The maximum Gasteiger partial charge on any atom is 0.135 e. The molecule has 0 saturated heterocycles. The number of rotatable bonds is 6. The number of anilines is 2. The Morgan fingerprint density at radius 2 is 0.950 bits per heavy atom. The molecule has 2 aliphatic rings. The van der Waals surface area contributed by atoms with E-state index >= 15 is 0 Å². The lowest BCUT2D eigenvalue weighted by Crippen LogP contribution is -2.21. The molecule has 0 aliphatic heterocycles. The summed E-state index contributed by atoms with van der Waals surface area (Å²) in [6, 6.07) is 65.5. The van der Waals surface area contributed by atoms with Gasteiger partial charge in [0, 0.05) is 39.5 Å². The molecule has 0 radical (unpaired) electrons. The molecular weight excluding hydrogens is 727 g/mol. The standard InChI is InChI=1S/C58H45NO/c1-57(2)50-22-12-9-19-44(50)46-28-26-39(33-52(46)57)59(40-27-29-47-45-20-10-13-23-51(45)58(3,4)53(47)34-40)35-37-25-30-55-56(48-21-11-14-24-54(48)60-55)49(37)32-38-31-36-15-5-6-16-41(36)43-18-8-7-17-42(38)43/h5-31,33-34H,32,35H2,1-4H3. The molecule has 0 bridgehead atoms. The SMILES string of the molecule is CC1(C)c2ccccc2-c2ccc(N(Cc3ccc4oc5ccccc5c4c3Cc3cc4ccccc4c4ccccc34)c3ccc4c(c3)C(C)(C)c3ccccc3-4)cc21. The second-order valence-corrected chi connectivity index (χ2v) is 18.0. The summed E-state index contributed by atoms with van der Waals surface area (Å²) in [5.74, 6) is 0. The number of hydrogen-bond donors (Lipinski definition) is 0. The average Bonchev–Trinajstić information content (AvgIpc) is 3.86. The Kier molecular flexibility index (Phi) is 7.48. The van der Waals surface area contributed by atoms with Gasteiger partial charge in [0.25, 0.3) is 0 Å². The second kappa shape index (κ2) is 12.8. The molecule has 0 saturated carbocycles. The highest BCUT2D eigenvalue weighted by atomic mass is 16.3. The molecule has 0 amide bonds. The quantitative estimate of drug-likeness (QED) is 0.157. The Morgan fingerprint density at radius 1 is 0.417 bits per heavy atom. The molecule has 0 spiro atoms. The topological polar surface area (TPSA) is 16.4 Å². The van der Waals surface area contributed by atoms with E-state index in [0.29, 0.717) is 6.54 Å². The predicted molar refractivity (Wildman–Crippen MR) is 252 cm³/mol. The normalized spacial score (nSPS) is 14.4. The van der Waals surface area contributed by atoms with Crippen molar-refractivity contribution in [1.82, 2.24) is 0 Å². The van der Waals surface area contributed by atoms with Crippen LogP contribution in [0.5, 0.6) is 0 Å². The first-order valence-corrected chi connectivity index (χ1v) is 21.3. The Hall–Kier alpha value is -6.90. The van der Waals surface area contributed by atoms with Gasteiger partial charge in [-0.25, -0.2) is 0 Å². The number of hydrogen-bond acceptors (Lipinski definition) is 2. The molecule has 0 fully saturated rings. The van der Waals surface area contributed by atoms with Gasteiger partial charge in [-0.15, -0.1) is 0 Å². The molecule has 0 atom stereocenters. The number of nitrogens with zero attached hydrogens (tertiary/aromatic N) is 1. The van der Waals surface area contributed by atoms with Crippen molar-refractivity contribution in [3.05, 3.63) is 215 Å². The lowest BCUT2D eigenvalue weighted by atomic mass is 9.82. The van der Waals surface area contributed by atoms with Gasteiger partial charge >= 0.3 is 0 Å². The zero-order valence-electron chi connectivity index (χ0n) is 34.5. The zero-order valence-corrected chi connectivity index (χ0v) is 34.5. The lowest BCUT2D eigenvalue weighted by Gasteiger charge is -2.30. The van der Waals surface area contributed by atoms with Crippen molar-refractivity contribution in [2.75, 3.05) is 4.90 Å². The highest BCUT2D eigenvalue weighted by Crippen LogP contribution is 2.52. The van der Waals surface area contributed by atoms with E-state index < -0.39 is 0 Å². The number of benzene rings is 9. The minimum atomic E-state index is -0.119. The zero-order chi connectivity index (χ0) is 40.3. The smallest absolute Gasteiger partial charge is 0.135 e. The Bertz CT molecular complexity index is 3290. The van der Waals surface area contributed by atoms with Gasteiger partial charge in [0.15, 0.2) is 0 Å². The lowest BCUT2D eigenvalue weighted by molar-refractivity contribution is 0.659. The Balaban J connectivity index is 1.08. The predicted octanol–water partition coefficient (Wildman–Crippen LogP) is 15.4. The van der Waals surface area contributed by atoms with E-state index in [1.54, 1.807) is 0 Å². The highest BCUT2D eigenvalue weighted by Gasteiger charge is 2.37. The van der Waals surface area contributed by atoms with Crippen molar-refractivity contribution in [1.29, 1.82) is 0 Å². The third kappa shape index (κ3) is 5.07. The molecular formula is C58H45NO. The van der Waals surface area contributed by atoms with E-state index in [4.69, 9.17) is 4.42 Å². The van der Waals surface area contributed by atoms with Crippen LogP contribution in [0.1, 0.15) is 66.6 Å². The highest BCUT2D eigenvalue weighted by molar-refractivity contribution is 6.10. The fourth-order valence-electron chi connectivity index (χ4n) is 11.0. The molecule has 12 rings (SSSR count). The van der Waals surface area contributed by atoms with Crippen molar-refractivity contribution in [3.8, 4) is 22.3 Å². The number of furan rings is 1. The molecule has 10 aromatic rings. The van der Waals surface area contributed by atoms with E-state index in [1.807, 2.05) is 0 Å². The van der Waals surface area contributed by atoms with Crippen LogP contribution in [0.25, 0.3) is 65.7 Å². The maximum absolute atomic E-state index is 6.61. The first kappa shape index (κ1) is 35.1. The van der Waals surface area contributed by atoms with Gasteiger partial charge < -0.3 is 9.32 Å². The molecule has 9 aromatic carbocycles. The molecule has 2 aliphatic carbocycles. The maximum atomic E-state index is 6.61. The fourth-order valence-corrected chi connectivity index (χ4v) is 11.0. The van der Waals surface area contributed by atoms with Crippen molar-refractivity contribution >= 4 is 54.9 Å². The summed E-state index contributed by atoms with van der Waals surface area (Å²) >= 11 is 0. The first-order valence-electron chi connectivity index (χ1n) is 21.3. The van der Waals surface area contributed by atoms with Crippen LogP contribution in [0.2, 0.25) is 0 Å². The van der Waals surface area contributed by atoms with Crippen LogP contribution in [-0.4, -0.2) is 0 Å². The third-order valence-electron chi connectivity index (χ3n) is 14.1. The first-order chi connectivity index (χ1) is 29.3. The Labute approximate surface area is 351 Å². The van der Waals surface area contributed by atoms with E-state index in [0.717, 1.165) is 23.0 Å². The van der Waals surface area contributed by atoms with Gasteiger partial charge in [-0.05, 0) is 126 Å². The van der Waals surface area contributed by atoms with Gasteiger partial charge in [0.05, 0.1) is 0 Å². The number of para-hydroxylation sites is 1. The monoisotopic (exact) mass is 771 g/mol. The Morgan fingerprint density at radius 3 is 1.62 bits per heavy atom. The molecule has 1 heterocycles. The van der Waals surface area contributed by atoms with Crippen LogP contribution in [0.15, 0.2) is 180 Å². The van der Waals surface area contributed by atoms with Gasteiger partial charge in [0.1, 0.15) is 11.2 Å². The van der Waals surface area contributed by atoms with Crippen molar-refractivity contribution in [3.63, 3.8) is 0 Å². The van der Waals surface area contributed by atoms with E-state index in [2.05, 4.69) is 209 Å². The van der Waals surface area contributed by atoms with Crippen LogP contribution in [0, 0.1) is 0 Å². The third-order valence-corrected chi connectivity index (χ3v) is 14.1. The summed E-state index contributed by atoms with van der Waals surface area (Å²) in [5.41, 5.74) is 18.8. The molecule has 2 heteroatoms. The molecule has 60 heavy (non-hydrogen) atoms. The van der Waals surface area contributed by atoms with Crippen LogP contribution < -0.4 is 4.90 Å². The van der Waals surface area contributed by atoms with Gasteiger partial charge in [0.2, 0.25) is 0 Å². The van der Waals surface area contributed by atoms with Gasteiger partial charge in [-0.3, -0.25) is 0 Å². The summed E-state index contributed by atoms with van der Waals surface area (Å²) in [6.07, 6.45) is 0.772. The molecule has 288 valence electrons. The van der Waals surface area contributed by atoms with Crippen LogP contribution in [0.3, 0.4) is 0 Å². The summed E-state index contributed by atoms with van der Waals surface area (Å²) < 4.78 is 6.61. The van der Waals surface area contributed by atoms with Crippen LogP contribution in [-0.2, 0) is 23.8 Å². The summed E-state index contributed by atoms with van der Waals surface area (Å²) in [6.45, 7) is 10.2. The van der Waals surface area contributed by atoms with E-state index in [-0.39, 0.29) is 10.8 Å². The molecule has 0 N–H and O–H groups in total. The summed E-state index contributed by atoms with van der Waals surface area (Å²) in [5, 5.41) is 7.51. The largest absolute Gasteiger partial charge is 0.456 e. The second-order valence-electron chi connectivity index (χ2n) is 18.0. The average molecular weight is 772 g/mol. The fraction of sp³-hybridized carbons (Fsp3) is 0.138. The molecule has 1 aromatic heterocycles. The van der Waals surface area contributed by atoms with Crippen molar-refractivity contribution in [2.24, 2.45) is 0 Å². The van der Waals surface area contributed by atoms with Crippen LogP contribution in [0.4, 0.5) is 11.4 Å². The minimum Gasteiger partial charge on any atom is -0.456 e. The van der Waals surface area contributed by atoms with Gasteiger partial charge in [-0.1, -0.05) is 167 Å². The van der Waals surface area contributed by atoms with Gasteiger partial charge in [-0.2, -0.15) is 0 Å². The molecule has 0 unspecified atom stereocenters. The van der Waals surface area contributed by atoms with Crippen molar-refractivity contribution in [2.45, 2.75) is 51.5 Å². The summed E-state index contributed by atoms with van der Waals surface area (Å²) in [4.78, 5) is 2.57. The number of fused-ring (bicyclic) bond motifs is 12. The van der Waals surface area contributed by atoms with Crippen LogP contribution >= 0.6 is 0 Å². The minimum absolute atomic E-state index is 0.119.